The summed E-state index contributed by atoms with van der Waals surface area (Å²) in [5, 5.41) is 11.1. The predicted molar refractivity (Wildman–Crippen MR) is 69.5 cm³/mol. The summed E-state index contributed by atoms with van der Waals surface area (Å²) in [4.78, 5) is 32.5. The molecule has 0 bridgehead atoms. The number of rotatable bonds is 7. The van der Waals surface area contributed by atoms with Crippen LogP contribution in [0.2, 0.25) is 0 Å². The molecule has 0 aliphatic rings. The van der Waals surface area contributed by atoms with Gasteiger partial charge in [-0.3, -0.25) is 14.4 Å². The van der Waals surface area contributed by atoms with Gasteiger partial charge in [-0.25, -0.2) is 0 Å². The van der Waals surface area contributed by atoms with E-state index in [9.17, 15) is 14.4 Å². The van der Waals surface area contributed by atoms with Gasteiger partial charge in [0.05, 0.1) is 6.42 Å². The number of aliphatic carboxylic acids is 1. The van der Waals surface area contributed by atoms with Gasteiger partial charge in [-0.1, -0.05) is 12.1 Å². The third kappa shape index (κ3) is 6.21. The average Bonchev–Trinajstić information content (AvgIpc) is 2.30. The molecule has 1 aromatic carbocycles. The van der Waals surface area contributed by atoms with Gasteiger partial charge >= 0.3 is 5.97 Å². The highest BCUT2D eigenvalue weighted by molar-refractivity contribution is 5.90. The van der Waals surface area contributed by atoms with Gasteiger partial charge in [-0.15, -0.1) is 0 Å². The Morgan fingerprint density at radius 1 is 1.11 bits per heavy atom. The second kappa shape index (κ2) is 7.15. The van der Waals surface area contributed by atoms with E-state index >= 15 is 0 Å². The molecule has 0 aliphatic heterocycles. The van der Waals surface area contributed by atoms with Crippen molar-refractivity contribution in [3.63, 3.8) is 0 Å². The third-order valence-electron chi connectivity index (χ3n) is 2.41. The van der Waals surface area contributed by atoms with Crippen LogP contribution in [0.3, 0.4) is 0 Å². The number of carbonyl (C=O) groups is 3. The van der Waals surface area contributed by atoms with Crippen LogP contribution in [-0.2, 0) is 20.8 Å². The average molecular weight is 264 g/mol. The minimum Gasteiger partial charge on any atom is -0.481 e. The van der Waals surface area contributed by atoms with Gasteiger partial charge in [0, 0.05) is 18.5 Å². The Bertz CT molecular complexity index is 468. The molecule has 0 radical (unpaired) electrons. The van der Waals surface area contributed by atoms with Crippen molar-refractivity contribution in [3.8, 4) is 0 Å². The molecule has 19 heavy (non-hydrogen) atoms. The quantitative estimate of drug-likeness (QED) is 0.679. The van der Waals surface area contributed by atoms with Crippen LogP contribution in [-0.4, -0.2) is 22.9 Å². The van der Waals surface area contributed by atoms with Gasteiger partial charge in [0.1, 0.15) is 0 Å². The van der Waals surface area contributed by atoms with Crippen LogP contribution >= 0.6 is 0 Å². The monoisotopic (exact) mass is 264 g/mol. The summed E-state index contributed by atoms with van der Waals surface area (Å²) in [6, 6.07) is 6.76. The Kier molecular flexibility index (Phi) is 5.53. The summed E-state index contributed by atoms with van der Waals surface area (Å²) in [5.41, 5.74) is 6.45. The van der Waals surface area contributed by atoms with Crippen LogP contribution in [0.25, 0.3) is 0 Å². The van der Waals surface area contributed by atoms with E-state index < -0.39 is 11.9 Å². The van der Waals surface area contributed by atoms with Crippen molar-refractivity contribution in [1.82, 2.24) is 0 Å². The molecule has 6 heteroatoms. The van der Waals surface area contributed by atoms with Crippen LogP contribution in [0.4, 0.5) is 5.69 Å². The minimum atomic E-state index is -0.913. The number of nitrogens with two attached hydrogens (primary N) is 1. The van der Waals surface area contributed by atoms with Gasteiger partial charge in [0.15, 0.2) is 0 Å². The number of carbonyl (C=O) groups excluding carboxylic acids is 2. The number of carboxylic acids is 1. The molecule has 0 unspecified atom stereocenters. The van der Waals surface area contributed by atoms with E-state index in [0.717, 1.165) is 5.56 Å². The number of hydrogen-bond acceptors (Lipinski definition) is 3. The first-order valence-electron chi connectivity index (χ1n) is 5.86. The Morgan fingerprint density at radius 2 is 1.74 bits per heavy atom. The topological polar surface area (TPSA) is 109 Å². The molecular formula is C13H16N2O4. The Labute approximate surface area is 110 Å². The summed E-state index contributed by atoms with van der Waals surface area (Å²) in [6.07, 6.45) is 0.605. The molecule has 0 saturated carbocycles. The highest BCUT2D eigenvalue weighted by Gasteiger charge is 2.05. The van der Waals surface area contributed by atoms with Crippen molar-refractivity contribution in [1.29, 1.82) is 0 Å². The van der Waals surface area contributed by atoms with Gasteiger partial charge in [-0.2, -0.15) is 0 Å². The van der Waals surface area contributed by atoms with E-state index in [-0.39, 0.29) is 25.2 Å². The zero-order valence-electron chi connectivity index (χ0n) is 10.4. The van der Waals surface area contributed by atoms with Crippen molar-refractivity contribution < 1.29 is 19.5 Å². The van der Waals surface area contributed by atoms with Crippen molar-refractivity contribution >= 4 is 23.5 Å². The van der Waals surface area contributed by atoms with Gasteiger partial charge in [0.25, 0.3) is 0 Å². The van der Waals surface area contributed by atoms with Crippen molar-refractivity contribution in [3.05, 3.63) is 29.8 Å². The fourth-order valence-electron chi connectivity index (χ4n) is 1.53. The van der Waals surface area contributed by atoms with Gasteiger partial charge in [-0.05, 0) is 24.1 Å². The molecule has 0 aromatic heterocycles. The zero-order valence-corrected chi connectivity index (χ0v) is 10.4. The van der Waals surface area contributed by atoms with E-state index in [1.807, 2.05) is 0 Å². The standard InChI is InChI=1S/C13H16N2O4/c14-11(16)8-9-4-6-10(7-5-9)15-12(17)2-1-3-13(18)19/h4-7H,1-3,8H2,(H2,14,16)(H,15,17)(H,18,19). The second-order valence-corrected chi connectivity index (χ2v) is 4.14. The molecule has 0 fully saturated rings. The lowest BCUT2D eigenvalue weighted by Gasteiger charge is -2.05. The van der Waals surface area contributed by atoms with Crippen molar-refractivity contribution in [2.45, 2.75) is 25.7 Å². The van der Waals surface area contributed by atoms with Gasteiger partial charge < -0.3 is 16.2 Å². The highest BCUT2D eigenvalue weighted by Crippen LogP contribution is 2.11. The van der Waals surface area contributed by atoms with Crippen LogP contribution in [0, 0.1) is 0 Å². The smallest absolute Gasteiger partial charge is 0.303 e. The van der Waals surface area contributed by atoms with Crippen LogP contribution in [0.5, 0.6) is 0 Å². The highest BCUT2D eigenvalue weighted by atomic mass is 16.4. The fourth-order valence-corrected chi connectivity index (χ4v) is 1.53. The van der Waals surface area contributed by atoms with Crippen LogP contribution in [0.1, 0.15) is 24.8 Å². The molecule has 102 valence electrons. The maximum atomic E-state index is 11.5. The number of carboxylic acid groups (broad SMARTS) is 1. The Balaban J connectivity index is 2.42. The third-order valence-corrected chi connectivity index (χ3v) is 2.41. The number of anilines is 1. The zero-order chi connectivity index (χ0) is 14.3. The first-order chi connectivity index (χ1) is 8.97. The van der Waals surface area contributed by atoms with Gasteiger partial charge in [0.2, 0.25) is 11.8 Å². The first-order valence-corrected chi connectivity index (χ1v) is 5.86. The SMILES string of the molecule is NC(=O)Cc1ccc(NC(=O)CCCC(=O)O)cc1. The maximum Gasteiger partial charge on any atom is 0.303 e. The number of benzene rings is 1. The summed E-state index contributed by atoms with van der Waals surface area (Å²) in [7, 11) is 0. The Hall–Kier alpha value is -2.37. The van der Waals surface area contributed by atoms with Crippen LogP contribution in [0.15, 0.2) is 24.3 Å². The van der Waals surface area contributed by atoms with E-state index in [2.05, 4.69) is 5.32 Å². The van der Waals surface area contributed by atoms with E-state index in [4.69, 9.17) is 10.8 Å². The lowest BCUT2D eigenvalue weighted by atomic mass is 10.1. The molecule has 0 heterocycles. The number of nitrogens with one attached hydrogen (secondary N) is 1. The van der Waals surface area contributed by atoms with Crippen LogP contribution < -0.4 is 11.1 Å². The summed E-state index contributed by atoms with van der Waals surface area (Å²) in [5.74, 6) is -1.56. The predicted octanol–water partition coefficient (Wildman–Crippen LogP) is 0.908. The molecule has 0 saturated heterocycles. The normalized spacial score (nSPS) is 9.89. The fraction of sp³-hybridized carbons (Fsp3) is 0.308. The molecule has 0 atom stereocenters. The molecule has 1 rings (SSSR count). The molecule has 1 aromatic rings. The van der Waals surface area contributed by atoms with E-state index in [1.54, 1.807) is 24.3 Å². The lowest BCUT2D eigenvalue weighted by molar-refractivity contribution is -0.137. The van der Waals surface area contributed by atoms with E-state index in [1.165, 1.54) is 0 Å². The molecule has 2 amide bonds. The number of primary amides is 1. The summed E-state index contributed by atoms with van der Waals surface area (Å²) >= 11 is 0. The molecule has 6 nitrogen and oxygen atoms in total. The maximum absolute atomic E-state index is 11.5. The molecule has 4 N–H and O–H groups in total. The summed E-state index contributed by atoms with van der Waals surface area (Å²) < 4.78 is 0. The number of amides is 2. The van der Waals surface area contributed by atoms with Crippen molar-refractivity contribution in [2.75, 3.05) is 5.32 Å². The molecule has 0 spiro atoms. The lowest BCUT2D eigenvalue weighted by Crippen LogP contribution is -2.14. The first kappa shape index (κ1) is 14.7. The molecule has 0 aliphatic carbocycles. The number of hydrogen-bond donors (Lipinski definition) is 3. The summed E-state index contributed by atoms with van der Waals surface area (Å²) in [6.45, 7) is 0. The van der Waals surface area contributed by atoms with E-state index in [0.29, 0.717) is 12.1 Å². The largest absolute Gasteiger partial charge is 0.481 e. The minimum absolute atomic E-state index is 0.0228. The van der Waals surface area contributed by atoms with Crippen molar-refractivity contribution in [2.24, 2.45) is 5.73 Å². The molecular weight excluding hydrogens is 248 g/mol. The second-order valence-electron chi connectivity index (χ2n) is 4.14. The Morgan fingerprint density at radius 3 is 2.26 bits per heavy atom.